The fraction of sp³-hybridized carbons (Fsp3) is 0.429. The van der Waals surface area contributed by atoms with E-state index in [1.165, 1.54) is 0 Å². The van der Waals surface area contributed by atoms with Crippen LogP contribution in [0.4, 0.5) is 0 Å². The molecular formula is C14H17NO4. The molecule has 0 bridgehead atoms. The SMILES string of the molecule is CC(C)(C)C(=O)NCC(=O)c1ccc2c(c1)OCO2. The fourth-order valence-electron chi connectivity index (χ4n) is 1.60. The Morgan fingerprint density at radius 1 is 1.21 bits per heavy atom. The quantitative estimate of drug-likeness (QED) is 0.844. The summed E-state index contributed by atoms with van der Waals surface area (Å²) in [6, 6.07) is 4.99. The van der Waals surface area contributed by atoms with E-state index in [9.17, 15) is 9.59 Å². The second kappa shape index (κ2) is 4.91. The maximum atomic E-state index is 12.0. The highest BCUT2D eigenvalue weighted by Gasteiger charge is 2.22. The minimum atomic E-state index is -0.505. The van der Waals surface area contributed by atoms with Crippen LogP contribution in [0.3, 0.4) is 0 Å². The number of benzene rings is 1. The molecule has 1 N–H and O–H groups in total. The maximum absolute atomic E-state index is 12.0. The number of hydrogen-bond donors (Lipinski definition) is 1. The molecule has 0 saturated carbocycles. The number of rotatable bonds is 3. The lowest BCUT2D eigenvalue weighted by Crippen LogP contribution is -2.37. The fourth-order valence-corrected chi connectivity index (χ4v) is 1.60. The molecule has 1 amide bonds. The molecule has 1 aliphatic rings. The van der Waals surface area contributed by atoms with Crippen molar-refractivity contribution in [1.82, 2.24) is 5.32 Å². The Bertz CT molecular complexity index is 517. The summed E-state index contributed by atoms with van der Waals surface area (Å²) >= 11 is 0. The average Bonchev–Trinajstić information content (AvgIpc) is 2.81. The lowest BCUT2D eigenvalue weighted by atomic mass is 9.95. The highest BCUT2D eigenvalue weighted by Crippen LogP contribution is 2.32. The van der Waals surface area contributed by atoms with Crippen molar-refractivity contribution in [2.24, 2.45) is 5.41 Å². The lowest BCUT2D eigenvalue weighted by molar-refractivity contribution is -0.128. The van der Waals surface area contributed by atoms with E-state index >= 15 is 0 Å². The molecule has 0 fully saturated rings. The molecule has 1 aromatic rings. The lowest BCUT2D eigenvalue weighted by Gasteiger charge is -2.17. The standard InChI is InChI=1S/C14H17NO4/c1-14(2,3)13(17)15-7-10(16)9-4-5-11-12(6-9)19-8-18-11/h4-6H,7-8H2,1-3H3,(H,15,17). The summed E-state index contributed by atoms with van der Waals surface area (Å²) in [5, 5.41) is 2.63. The van der Waals surface area contributed by atoms with Gasteiger partial charge in [0.05, 0.1) is 6.54 Å². The zero-order valence-corrected chi connectivity index (χ0v) is 11.3. The van der Waals surface area contributed by atoms with Crippen molar-refractivity contribution in [3.05, 3.63) is 23.8 Å². The summed E-state index contributed by atoms with van der Waals surface area (Å²) in [6.45, 7) is 5.55. The molecule has 5 nitrogen and oxygen atoms in total. The second-order valence-electron chi connectivity index (χ2n) is 5.42. The summed E-state index contributed by atoms with van der Waals surface area (Å²) < 4.78 is 10.4. The van der Waals surface area contributed by atoms with Gasteiger partial charge in [-0.2, -0.15) is 0 Å². The van der Waals surface area contributed by atoms with E-state index < -0.39 is 5.41 Å². The topological polar surface area (TPSA) is 64.6 Å². The van der Waals surface area contributed by atoms with Gasteiger partial charge in [0, 0.05) is 11.0 Å². The van der Waals surface area contributed by atoms with E-state index in [1.807, 2.05) is 0 Å². The van der Waals surface area contributed by atoms with Crippen LogP contribution in [0.2, 0.25) is 0 Å². The van der Waals surface area contributed by atoms with Crippen LogP contribution in [-0.2, 0) is 4.79 Å². The third kappa shape index (κ3) is 3.05. The highest BCUT2D eigenvalue weighted by molar-refractivity contribution is 6.00. The normalized spacial score (nSPS) is 13.2. The van der Waals surface area contributed by atoms with E-state index in [2.05, 4.69) is 5.32 Å². The minimum absolute atomic E-state index is 0.0181. The van der Waals surface area contributed by atoms with Crippen molar-refractivity contribution in [1.29, 1.82) is 0 Å². The van der Waals surface area contributed by atoms with Gasteiger partial charge < -0.3 is 14.8 Å². The van der Waals surface area contributed by atoms with Crippen molar-refractivity contribution in [2.45, 2.75) is 20.8 Å². The first-order valence-corrected chi connectivity index (χ1v) is 6.09. The number of ether oxygens (including phenoxy) is 2. The summed E-state index contributed by atoms with van der Waals surface area (Å²) in [5.41, 5.74) is -0.00622. The molecule has 1 aromatic carbocycles. The van der Waals surface area contributed by atoms with Crippen LogP contribution in [0.1, 0.15) is 31.1 Å². The van der Waals surface area contributed by atoms with Crippen molar-refractivity contribution in [3.8, 4) is 11.5 Å². The van der Waals surface area contributed by atoms with Crippen molar-refractivity contribution >= 4 is 11.7 Å². The molecule has 0 saturated heterocycles. The van der Waals surface area contributed by atoms with Crippen LogP contribution in [0.15, 0.2) is 18.2 Å². The number of carbonyl (C=O) groups is 2. The number of amides is 1. The van der Waals surface area contributed by atoms with E-state index in [4.69, 9.17) is 9.47 Å². The average molecular weight is 263 g/mol. The molecule has 0 aliphatic carbocycles. The largest absolute Gasteiger partial charge is 0.454 e. The Balaban J connectivity index is 1.99. The van der Waals surface area contributed by atoms with Gasteiger partial charge in [-0.15, -0.1) is 0 Å². The first-order chi connectivity index (χ1) is 8.88. The third-order valence-corrected chi connectivity index (χ3v) is 2.79. The smallest absolute Gasteiger partial charge is 0.231 e. The molecular weight excluding hydrogens is 246 g/mol. The molecule has 0 radical (unpaired) electrons. The minimum Gasteiger partial charge on any atom is -0.454 e. The van der Waals surface area contributed by atoms with Crippen LogP contribution in [0, 0.1) is 5.41 Å². The van der Waals surface area contributed by atoms with Gasteiger partial charge in [0.1, 0.15) is 0 Å². The Morgan fingerprint density at radius 2 is 1.89 bits per heavy atom. The molecule has 19 heavy (non-hydrogen) atoms. The van der Waals surface area contributed by atoms with Crippen LogP contribution in [0.25, 0.3) is 0 Å². The van der Waals surface area contributed by atoms with Gasteiger partial charge >= 0.3 is 0 Å². The van der Waals surface area contributed by atoms with Crippen LogP contribution in [-0.4, -0.2) is 25.0 Å². The number of nitrogens with one attached hydrogen (secondary N) is 1. The Hall–Kier alpha value is -2.04. The molecule has 0 spiro atoms. The Kier molecular flexibility index (Phi) is 3.46. The first-order valence-electron chi connectivity index (χ1n) is 6.09. The Morgan fingerprint density at radius 3 is 2.58 bits per heavy atom. The molecule has 5 heteroatoms. The van der Waals surface area contributed by atoms with Gasteiger partial charge in [0.15, 0.2) is 17.3 Å². The van der Waals surface area contributed by atoms with E-state index in [-0.39, 0.29) is 25.0 Å². The number of ketones is 1. The predicted molar refractivity (Wildman–Crippen MR) is 69.4 cm³/mol. The summed E-state index contributed by atoms with van der Waals surface area (Å²) in [7, 11) is 0. The summed E-state index contributed by atoms with van der Waals surface area (Å²) in [4.78, 5) is 23.6. The molecule has 0 atom stereocenters. The molecule has 1 aliphatic heterocycles. The van der Waals surface area contributed by atoms with Gasteiger partial charge in [0.25, 0.3) is 0 Å². The number of hydrogen-bond acceptors (Lipinski definition) is 4. The van der Waals surface area contributed by atoms with Crippen molar-refractivity contribution in [2.75, 3.05) is 13.3 Å². The van der Waals surface area contributed by atoms with E-state index in [0.717, 1.165) is 0 Å². The van der Waals surface area contributed by atoms with Gasteiger partial charge in [-0.25, -0.2) is 0 Å². The summed E-state index contributed by atoms with van der Waals surface area (Å²) in [6.07, 6.45) is 0. The van der Waals surface area contributed by atoms with E-state index in [1.54, 1.807) is 39.0 Å². The molecule has 0 unspecified atom stereocenters. The van der Waals surface area contributed by atoms with Crippen molar-refractivity contribution in [3.63, 3.8) is 0 Å². The predicted octanol–water partition coefficient (Wildman–Crippen LogP) is 1.76. The highest BCUT2D eigenvalue weighted by atomic mass is 16.7. The van der Waals surface area contributed by atoms with Gasteiger partial charge in [-0.05, 0) is 18.2 Å². The van der Waals surface area contributed by atoms with Gasteiger partial charge in [-0.1, -0.05) is 20.8 Å². The van der Waals surface area contributed by atoms with E-state index in [0.29, 0.717) is 17.1 Å². The van der Waals surface area contributed by atoms with Crippen LogP contribution in [0.5, 0.6) is 11.5 Å². The maximum Gasteiger partial charge on any atom is 0.231 e. The molecule has 102 valence electrons. The first kappa shape index (κ1) is 13.4. The number of Topliss-reactive ketones (excluding diaryl/α,β-unsaturated/α-hetero) is 1. The van der Waals surface area contributed by atoms with Crippen LogP contribution < -0.4 is 14.8 Å². The number of fused-ring (bicyclic) bond motifs is 1. The Labute approximate surface area is 111 Å². The third-order valence-electron chi connectivity index (χ3n) is 2.79. The second-order valence-corrected chi connectivity index (χ2v) is 5.42. The zero-order chi connectivity index (χ0) is 14.0. The monoisotopic (exact) mass is 263 g/mol. The molecule has 1 heterocycles. The number of carbonyl (C=O) groups excluding carboxylic acids is 2. The van der Waals surface area contributed by atoms with Gasteiger partial charge in [0.2, 0.25) is 12.7 Å². The zero-order valence-electron chi connectivity index (χ0n) is 11.3. The van der Waals surface area contributed by atoms with Gasteiger partial charge in [-0.3, -0.25) is 9.59 Å². The van der Waals surface area contributed by atoms with Crippen molar-refractivity contribution < 1.29 is 19.1 Å². The molecule has 2 rings (SSSR count). The summed E-state index contributed by atoms with van der Waals surface area (Å²) in [5.74, 6) is 0.890. The van der Waals surface area contributed by atoms with Crippen LogP contribution >= 0.6 is 0 Å². The molecule has 0 aromatic heterocycles.